The predicted molar refractivity (Wildman–Crippen MR) is 119 cm³/mol. The van der Waals surface area contributed by atoms with Crippen LogP contribution in [0.25, 0.3) is 22.2 Å². The Labute approximate surface area is 171 Å². The van der Waals surface area contributed by atoms with Crippen LogP contribution >= 0.6 is 0 Å². The highest BCUT2D eigenvalue weighted by Crippen LogP contribution is 2.25. The van der Waals surface area contributed by atoms with Gasteiger partial charge in [-0.2, -0.15) is 0 Å². The molecule has 29 heavy (non-hydrogen) atoms. The number of carbonyl (C=O) groups is 1. The third-order valence-corrected chi connectivity index (χ3v) is 5.12. The molecule has 0 radical (unpaired) electrons. The standard InChI is InChI=1S/C26H24N2O/c1-19(16-17-20-10-4-2-5-11-20)27-26(29)23-18-25(21-12-6-3-7-13-21)28-24-15-9-8-14-22(23)24/h2-15,18-19H,16-17H2,1H3,(H,27,29)/t19-/m1/s1. The first-order chi connectivity index (χ1) is 14.2. The number of aromatic nitrogens is 1. The number of aryl methyl sites for hydroxylation is 1. The molecule has 0 aliphatic rings. The molecule has 3 nitrogen and oxygen atoms in total. The quantitative estimate of drug-likeness (QED) is 0.469. The lowest BCUT2D eigenvalue weighted by Gasteiger charge is -2.16. The van der Waals surface area contributed by atoms with Crippen molar-refractivity contribution in [1.29, 1.82) is 0 Å². The van der Waals surface area contributed by atoms with Crippen LogP contribution in [0.3, 0.4) is 0 Å². The van der Waals surface area contributed by atoms with Crippen LogP contribution in [0.15, 0.2) is 91.0 Å². The van der Waals surface area contributed by atoms with Gasteiger partial charge in [0.2, 0.25) is 0 Å². The minimum absolute atomic E-state index is 0.0543. The zero-order chi connectivity index (χ0) is 20.1. The molecule has 144 valence electrons. The number of benzene rings is 3. The Balaban J connectivity index is 1.58. The molecule has 0 aliphatic heterocycles. The lowest BCUT2D eigenvalue weighted by molar-refractivity contribution is 0.0940. The van der Waals surface area contributed by atoms with Crippen LogP contribution in [0.5, 0.6) is 0 Å². The van der Waals surface area contributed by atoms with E-state index in [1.165, 1.54) is 5.56 Å². The first-order valence-corrected chi connectivity index (χ1v) is 10.0. The molecule has 1 atom stereocenters. The highest BCUT2D eigenvalue weighted by Gasteiger charge is 2.15. The van der Waals surface area contributed by atoms with E-state index in [9.17, 15) is 4.79 Å². The molecule has 1 amide bonds. The summed E-state index contributed by atoms with van der Waals surface area (Å²) in [5.74, 6) is -0.0543. The summed E-state index contributed by atoms with van der Waals surface area (Å²) in [6.07, 6.45) is 1.83. The number of para-hydroxylation sites is 1. The number of hydrogen-bond acceptors (Lipinski definition) is 2. The highest BCUT2D eigenvalue weighted by atomic mass is 16.1. The summed E-state index contributed by atoms with van der Waals surface area (Å²) in [6, 6.07) is 30.1. The summed E-state index contributed by atoms with van der Waals surface area (Å²) in [4.78, 5) is 17.9. The molecular formula is C26H24N2O. The Morgan fingerprint density at radius 2 is 1.55 bits per heavy atom. The lowest BCUT2D eigenvalue weighted by atomic mass is 10.0. The van der Waals surface area contributed by atoms with Gasteiger partial charge in [0.15, 0.2) is 0 Å². The first-order valence-electron chi connectivity index (χ1n) is 10.0. The fourth-order valence-electron chi connectivity index (χ4n) is 3.52. The van der Waals surface area contributed by atoms with Crippen LogP contribution in [0.4, 0.5) is 0 Å². The van der Waals surface area contributed by atoms with Crippen LogP contribution in [-0.4, -0.2) is 16.9 Å². The fourth-order valence-corrected chi connectivity index (χ4v) is 3.52. The Hall–Kier alpha value is -3.46. The summed E-state index contributed by atoms with van der Waals surface area (Å²) >= 11 is 0. The maximum Gasteiger partial charge on any atom is 0.252 e. The van der Waals surface area contributed by atoms with Gasteiger partial charge in [0.25, 0.3) is 5.91 Å². The number of nitrogens with zero attached hydrogens (tertiary/aromatic N) is 1. The molecule has 1 N–H and O–H groups in total. The van der Waals surface area contributed by atoms with E-state index in [1.54, 1.807) is 0 Å². The Kier molecular flexibility index (Phi) is 5.66. The van der Waals surface area contributed by atoms with Crippen molar-refractivity contribution in [3.63, 3.8) is 0 Å². The first kappa shape index (κ1) is 18.9. The van der Waals surface area contributed by atoms with E-state index in [4.69, 9.17) is 4.98 Å². The van der Waals surface area contributed by atoms with Gasteiger partial charge < -0.3 is 5.32 Å². The van der Waals surface area contributed by atoms with Crippen molar-refractivity contribution in [3.8, 4) is 11.3 Å². The summed E-state index contributed by atoms with van der Waals surface area (Å²) < 4.78 is 0. The topological polar surface area (TPSA) is 42.0 Å². The van der Waals surface area contributed by atoms with E-state index >= 15 is 0 Å². The molecule has 0 fully saturated rings. The molecule has 0 unspecified atom stereocenters. The van der Waals surface area contributed by atoms with E-state index in [2.05, 4.69) is 24.4 Å². The monoisotopic (exact) mass is 380 g/mol. The van der Waals surface area contributed by atoms with Crippen molar-refractivity contribution in [2.45, 2.75) is 25.8 Å². The molecule has 0 aliphatic carbocycles. The maximum atomic E-state index is 13.1. The fraction of sp³-hybridized carbons (Fsp3) is 0.154. The Morgan fingerprint density at radius 3 is 2.31 bits per heavy atom. The Morgan fingerprint density at radius 1 is 0.897 bits per heavy atom. The van der Waals surface area contributed by atoms with Gasteiger partial charge in [0.1, 0.15) is 0 Å². The van der Waals surface area contributed by atoms with Gasteiger partial charge in [-0.05, 0) is 37.5 Å². The molecule has 0 spiro atoms. The van der Waals surface area contributed by atoms with Gasteiger partial charge in [0.05, 0.1) is 16.8 Å². The molecule has 3 heteroatoms. The Bertz CT molecular complexity index is 1110. The van der Waals surface area contributed by atoms with Crippen molar-refractivity contribution in [3.05, 3.63) is 102 Å². The van der Waals surface area contributed by atoms with Gasteiger partial charge in [-0.1, -0.05) is 78.9 Å². The van der Waals surface area contributed by atoms with Crippen LogP contribution in [0.1, 0.15) is 29.3 Å². The molecule has 3 aromatic carbocycles. The minimum Gasteiger partial charge on any atom is -0.350 e. The zero-order valence-corrected chi connectivity index (χ0v) is 16.5. The third kappa shape index (κ3) is 4.52. The average Bonchev–Trinajstić information content (AvgIpc) is 2.78. The second kappa shape index (κ2) is 8.70. The van der Waals surface area contributed by atoms with Crippen LogP contribution in [0, 0.1) is 0 Å². The molecule has 1 aromatic heterocycles. The van der Waals surface area contributed by atoms with E-state index in [1.807, 2.05) is 78.9 Å². The summed E-state index contributed by atoms with van der Waals surface area (Å²) in [6.45, 7) is 2.06. The van der Waals surface area contributed by atoms with Crippen molar-refractivity contribution in [2.75, 3.05) is 0 Å². The predicted octanol–water partition coefficient (Wildman–Crippen LogP) is 5.65. The second-order valence-corrected chi connectivity index (χ2v) is 7.34. The molecule has 0 saturated heterocycles. The number of fused-ring (bicyclic) bond motifs is 1. The molecule has 1 heterocycles. The SMILES string of the molecule is C[C@H](CCc1ccccc1)NC(=O)c1cc(-c2ccccc2)nc2ccccc12. The summed E-state index contributed by atoms with van der Waals surface area (Å²) in [7, 11) is 0. The van der Waals surface area contributed by atoms with Crippen LogP contribution in [-0.2, 0) is 6.42 Å². The average molecular weight is 380 g/mol. The number of nitrogens with one attached hydrogen (secondary N) is 1. The number of pyridine rings is 1. The number of hydrogen-bond donors (Lipinski definition) is 1. The number of amides is 1. The maximum absolute atomic E-state index is 13.1. The molecular weight excluding hydrogens is 356 g/mol. The molecule has 0 saturated carbocycles. The second-order valence-electron chi connectivity index (χ2n) is 7.34. The zero-order valence-electron chi connectivity index (χ0n) is 16.5. The van der Waals surface area contributed by atoms with Crippen LogP contribution in [0.2, 0.25) is 0 Å². The number of carbonyl (C=O) groups excluding carboxylic acids is 1. The van der Waals surface area contributed by atoms with Crippen molar-refractivity contribution in [1.82, 2.24) is 10.3 Å². The smallest absolute Gasteiger partial charge is 0.252 e. The van der Waals surface area contributed by atoms with Crippen molar-refractivity contribution < 1.29 is 4.79 Å². The van der Waals surface area contributed by atoms with Gasteiger partial charge in [-0.15, -0.1) is 0 Å². The van der Waals surface area contributed by atoms with Gasteiger partial charge >= 0.3 is 0 Å². The van der Waals surface area contributed by atoms with Crippen molar-refractivity contribution >= 4 is 16.8 Å². The highest BCUT2D eigenvalue weighted by molar-refractivity contribution is 6.07. The number of rotatable bonds is 6. The van der Waals surface area contributed by atoms with Crippen LogP contribution < -0.4 is 5.32 Å². The molecule has 4 aromatic rings. The largest absolute Gasteiger partial charge is 0.350 e. The summed E-state index contributed by atoms with van der Waals surface area (Å²) in [5.41, 5.74) is 4.60. The third-order valence-electron chi connectivity index (χ3n) is 5.12. The van der Waals surface area contributed by atoms with Gasteiger partial charge in [0, 0.05) is 17.0 Å². The summed E-state index contributed by atoms with van der Waals surface area (Å²) in [5, 5.41) is 4.05. The molecule has 4 rings (SSSR count). The molecule has 0 bridgehead atoms. The van der Waals surface area contributed by atoms with Crippen molar-refractivity contribution in [2.24, 2.45) is 0 Å². The van der Waals surface area contributed by atoms with Gasteiger partial charge in [-0.25, -0.2) is 4.98 Å². The lowest BCUT2D eigenvalue weighted by Crippen LogP contribution is -2.33. The van der Waals surface area contributed by atoms with E-state index < -0.39 is 0 Å². The normalized spacial score (nSPS) is 11.9. The van der Waals surface area contributed by atoms with E-state index in [0.717, 1.165) is 35.0 Å². The van der Waals surface area contributed by atoms with Gasteiger partial charge in [-0.3, -0.25) is 4.79 Å². The minimum atomic E-state index is -0.0543. The van der Waals surface area contributed by atoms with E-state index in [0.29, 0.717) is 5.56 Å². The van der Waals surface area contributed by atoms with E-state index in [-0.39, 0.29) is 11.9 Å².